The summed E-state index contributed by atoms with van der Waals surface area (Å²) >= 11 is 1.63. The largest absolute Gasteiger partial charge is 0.383 e. The van der Waals surface area contributed by atoms with Crippen molar-refractivity contribution in [1.82, 2.24) is 30.0 Å². The fourth-order valence-electron chi connectivity index (χ4n) is 3.97. The molecule has 0 radical (unpaired) electrons. The Morgan fingerprint density at radius 3 is 2.78 bits per heavy atom. The number of anilines is 2. The van der Waals surface area contributed by atoms with Crippen molar-refractivity contribution in [3.63, 3.8) is 0 Å². The number of aromatic nitrogens is 4. The van der Waals surface area contributed by atoms with E-state index in [1.54, 1.807) is 18.4 Å². The highest BCUT2D eigenvalue weighted by Gasteiger charge is 2.17. The minimum atomic E-state index is 0.801. The number of pyridine rings is 1. The fraction of sp³-hybridized carbons (Fsp3) is 0.348. The van der Waals surface area contributed by atoms with Crippen LogP contribution in [0.5, 0.6) is 0 Å². The van der Waals surface area contributed by atoms with E-state index in [4.69, 9.17) is 9.72 Å². The van der Waals surface area contributed by atoms with Crippen LogP contribution >= 0.6 is 11.3 Å². The second kappa shape index (κ2) is 9.74. The molecule has 1 aliphatic rings. The summed E-state index contributed by atoms with van der Waals surface area (Å²) in [6.07, 6.45) is 5.60. The zero-order valence-electron chi connectivity index (χ0n) is 18.1. The smallest absolute Gasteiger partial charge is 0.189 e. The highest BCUT2D eigenvalue weighted by atomic mass is 32.1. The number of thiazole rings is 1. The van der Waals surface area contributed by atoms with E-state index in [9.17, 15) is 0 Å². The lowest BCUT2D eigenvalue weighted by molar-refractivity contribution is 0.0938. The van der Waals surface area contributed by atoms with E-state index in [1.807, 2.05) is 18.6 Å². The molecule has 32 heavy (non-hydrogen) atoms. The molecule has 5 rings (SSSR count). The Kier molecular flexibility index (Phi) is 6.40. The summed E-state index contributed by atoms with van der Waals surface area (Å²) in [7, 11) is 1.76. The Balaban J connectivity index is 1.23. The van der Waals surface area contributed by atoms with Gasteiger partial charge >= 0.3 is 0 Å². The fourth-order valence-corrected chi connectivity index (χ4v) is 4.88. The van der Waals surface area contributed by atoms with Crippen LogP contribution in [0.1, 0.15) is 5.56 Å². The Morgan fingerprint density at radius 2 is 1.97 bits per heavy atom. The van der Waals surface area contributed by atoms with Gasteiger partial charge in [-0.05, 0) is 35.4 Å². The van der Waals surface area contributed by atoms with E-state index < -0.39 is 0 Å². The maximum atomic E-state index is 5.19. The predicted octanol–water partition coefficient (Wildman–Crippen LogP) is 3.59. The van der Waals surface area contributed by atoms with Crippen molar-refractivity contribution in [3.8, 4) is 11.1 Å². The van der Waals surface area contributed by atoms with Crippen LogP contribution in [0.15, 0.2) is 48.9 Å². The monoisotopic (exact) mass is 449 g/mol. The second-order valence-electron chi connectivity index (χ2n) is 7.97. The molecule has 1 saturated heterocycles. The van der Waals surface area contributed by atoms with Crippen LogP contribution in [-0.2, 0) is 11.3 Å². The van der Waals surface area contributed by atoms with Crippen molar-refractivity contribution in [2.24, 2.45) is 0 Å². The van der Waals surface area contributed by atoms with Crippen molar-refractivity contribution >= 4 is 32.5 Å². The average Bonchev–Trinajstić information content (AvgIpc) is 3.48. The molecule has 0 bridgehead atoms. The molecule has 0 amide bonds. The molecule has 2 N–H and O–H groups in total. The first kappa shape index (κ1) is 21.0. The number of H-pyrrole nitrogens is 1. The Morgan fingerprint density at radius 1 is 1.09 bits per heavy atom. The first-order valence-corrected chi connectivity index (χ1v) is 11.6. The second-order valence-corrected chi connectivity index (χ2v) is 9.00. The lowest BCUT2D eigenvalue weighted by Gasteiger charge is -2.34. The molecule has 0 spiro atoms. The zero-order valence-corrected chi connectivity index (χ0v) is 18.9. The lowest BCUT2D eigenvalue weighted by Crippen LogP contribution is -2.46. The number of hydrogen-bond acceptors (Lipinski definition) is 8. The molecule has 8 nitrogen and oxygen atoms in total. The number of fused-ring (bicyclic) bond motifs is 1. The molecule has 3 aromatic heterocycles. The van der Waals surface area contributed by atoms with Gasteiger partial charge < -0.3 is 10.1 Å². The maximum absolute atomic E-state index is 5.19. The normalized spacial score (nSPS) is 15.4. The maximum Gasteiger partial charge on any atom is 0.189 e. The third kappa shape index (κ3) is 4.97. The number of nitrogens with zero attached hydrogens (tertiary/aromatic N) is 5. The summed E-state index contributed by atoms with van der Waals surface area (Å²) in [4.78, 5) is 14.2. The first-order chi connectivity index (χ1) is 15.8. The molecule has 166 valence electrons. The molecule has 0 aliphatic carbocycles. The number of hydrogen-bond donors (Lipinski definition) is 2. The van der Waals surface area contributed by atoms with Crippen molar-refractivity contribution < 1.29 is 4.74 Å². The van der Waals surface area contributed by atoms with Gasteiger partial charge in [0.25, 0.3) is 0 Å². The Hall–Kier alpha value is -2.85. The van der Waals surface area contributed by atoms with Crippen LogP contribution in [0.2, 0.25) is 0 Å². The molecule has 1 aliphatic heterocycles. The molecule has 1 aromatic carbocycles. The van der Waals surface area contributed by atoms with Gasteiger partial charge in [0.05, 0.1) is 23.0 Å². The minimum absolute atomic E-state index is 0.801. The summed E-state index contributed by atoms with van der Waals surface area (Å²) in [5.74, 6) is 0.829. The van der Waals surface area contributed by atoms with Gasteiger partial charge in [-0.1, -0.05) is 17.4 Å². The topological polar surface area (TPSA) is 82.2 Å². The summed E-state index contributed by atoms with van der Waals surface area (Å²) < 4.78 is 6.33. The average molecular weight is 450 g/mol. The van der Waals surface area contributed by atoms with Crippen molar-refractivity contribution in [2.75, 3.05) is 51.8 Å². The van der Waals surface area contributed by atoms with E-state index >= 15 is 0 Å². The highest BCUT2D eigenvalue weighted by molar-refractivity contribution is 7.22. The Bertz CT molecular complexity index is 1150. The van der Waals surface area contributed by atoms with E-state index in [0.29, 0.717) is 0 Å². The lowest BCUT2D eigenvalue weighted by atomic mass is 10.1. The van der Waals surface area contributed by atoms with Crippen molar-refractivity contribution in [2.45, 2.75) is 6.54 Å². The van der Waals surface area contributed by atoms with E-state index in [-0.39, 0.29) is 0 Å². The molecule has 4 aromatic rings. The molecule has 0 unspecified atom stereocenters. The molecule has 1 fully saturated rings. The van der Waals surface area contributed by atoms with Gasteiger partial charge in [-0.15, -0.1) is 0 Å². The van der Waals surface area contributed by atoms with E-state index in [0.717, 1.165) is 78.2 Å². The summed E-state index contributed by atoms with van der Waals surface area (Å²) in [5.41, 5.74) is 4.44. The third-order valence-electron chi connectivity index (χ3n) is 5.76. The van der Waals surface area contributed by atoms with Crippen molar-refractivity contribution in [1.29, 1.82) is 0 Å². The first-order valence-electron chi connectivity index (χ1n) is 10.8. The zero-order chi connectivity index (χ0) is 21.8. The van der Waals surface area contributed by atoms with E-state index in [1.165, 1.54) is 5.56 Å². The van der Waals surface area contributed by atoms with Crippen molar-refractivity contribution in [3.05, 3.63) is 54.5 Å². The van der Waals surface area contributed by atoms with Gasteiger partial charge in [0.15, 0.2) is 5.13 Å². The number of nitrogens with one attached hydrogen (secondary N) is 2. The molecular weight excluding hydrogens is 422 g/mol. The van der Waals surface area contributed by atoms with Gasteiger partial charge in [-0.25, -0.2) is 9.97 Å². The standard InChI is InChI=1S/C23H27N7OS/c1-31-11-10-29-6-8-30(9-7-29)16-17-4-5-24-22(12-17)28-23-27-20-3-2-18(13-21(20)32-23)19-14-25-26-15-19/h2-5,12-15H,6-11,16H2,1H3,(H,25,26)(H,24,27,28). The summed E-state index contributed by atoms with van der Waals surface area (Å²) in [5, 5.41) is 11.1. The van der Waals surface area contributed by atoms with Crippen LogP contribution in [0.25, 0.3) is 21.3 Å². The van der Waals surface area contributed by atoms with Crippen LogP contribution in [0.4, 0.5) is 10.9 Å². The molecule has 9 heteroatoms. The van der Waals surface area contributed by atoms with Gasteiger partial charge in [-0.3, -0.25) is 14.9 Å². The van der Waals surface area contributed by atoms with E-state index in [2.05, 4.69) is 60.6 Å². The SMILES string of the molecule is COCCN1CCN(Cc2ccnc(Nc3nc4ccc(-c5cn[nH]c5)cc4s3)c2)CC1. The molecule has 0 saturated carbocycles. The van der Waals surface area contributed by atoms with Crippen LogP contribution in [0, 0.1) is 0 Å². The van der Waals surface area contributed by atoms with Gasteiger partial charge in [0.2, 0.25) is 0 Å². The molecule has 4 heterocycles. The Labute approximate surface area is 191 Å². The van der Waals surface area contributed by atoms with Crippen LogP contribution < -0.4 is 5.32 Å². The van der Waals surface area contributed by atoms with Crippen LogP contribution in [0.3, 0.4) is 0 Å². The van der Waals surface area contributed by atoms with Gasteiger partial charge in [0.1, 0.15) is 5.82 Å². The number of aromatic amines is 1. The number of rotatable bonds is 8. The number of piperazine rings is 1. The number of ether oxygens (including phenoxy) is 1. The number of benzene rings is 1. The predicted molar refractivity (Wildman–Crippen MR) is 128 cm³/mol. The van der Waals surface area contributed by atoms with Gasteiger partial charge in [0, 0.05) is 64.3 Å². The highest BCUT2D eigenvalue weighted by Crippen LogP contribution is 2.31. The molecule has 0 atom stereocenters. The van der Waals surface area contributed by atoms with Crippen LogP contribution in [-0.4, -0.2) is 76.4 Å². The quantitative estimate of drug-likeness (QED) is 0.425. The number of methoxy groups -OCH3 is 1. The van der Waals surface area contributed by atoms with Gasteiger partial charge in [-0.2, -0.15) is 5.10 Å². The summed E-state index contributed by atoms with van der Waals surface area (Å²) in [6.45, 7) is 7.08. The third-order valence-corrected chi connectivity index (χ3v) is 6.70. The minimum Gasteiger partial charge on any atom is -0.383 e. The summed E-state index contributed by atoms with van der Waals surface area (Å²) in [6, 6.07) is 10.5. The molecular formula is C23H27N7OS.